The lowest BCUT2D eigenvalue weighted by atomic mass is 10.1. The fourth-order valence-corrected chi connectivity index (χ4v) is 3.44. The van der Waals surface area contributed by atoms with Gasteiger partial charge in [0, 0.05) is 52.9 Å². The van der Waals surface area contributed by atoms with Crippen molar-refractivity contribution in [3.63, 3.8) is 0 Å². The van der Waals surface area contributed by atoms with Crippen LogP contribution in [0.3, 0.4) is 0 Å². The van der Waals surface area contributed by atoms with E-state index in [0.717, 1.165) is 12.3 Å². The summed E-state index contributed by atoms with van der Waals surface area (Å²) >= 11 is 0. The maximum atomic E-state index is 12.8. The SMILES string of the molecule is CN=C(NCCNS(C)(=O)=O)N1CCN(Cc2cccc(C(F)(F)F)c2)CC1.I. The number of sulfonamides is 1. The standard InChI is InChI=1S/C17H26F3N5O2S.HI/c1-21-16(22-6-7-23-28(2,26)27)25-10-8-24(9-11-25)13-14-4-3-5-15(12-14)17(18,19)20;/h3-5,12,23H,6-11,13H2,1-2H3,(H,21,22);1H. The third-order valence-electron chi connectivity index (χ3n) is 4.32. The van der Waals surface area contributed by atoms with E-state index < -0.39 is 21.8 Å². The molecule has 0 aliphatic carbocycles. The molecule has 1 aromatic rings. The van der Waals surface area contributed by atoms with Gasteiger partial charge in [0.05, 0.1) is 11.8 Å². The summed E-state index contributed by atoms with van der Waals surface area (Å²) in [5.41, 5.74) is 0.00794. The van der Waals surface area contributed by atoms with Crippen molar-refractivity contribution in [1.82, 2.24) is 19.8 Å². The van der Waals surface area contributed by atoms with E-state index in [1.54, 1.807) is 13.1 Å². The van der Waals surface area contributed by atoms with Crippen LogP contribution in [0.1, 0.15) is 11.1 Å². The molecule has 2 rings (SSSR count). The van der Waals surface area contributed by atoms with E-state index in [9.17, 15) is 21.6 Å². The van der Waals surface area contributed by atoms with Crippen LogP contribution in [0.5, 0.6) is 0 Å². The molecule has 0 unspecified atom stereocenters. The minimum absolute atomic E-state index is 0. The summed E-state index contributed by atoms with van der Waals surface area (Å²) < 4.78 is 63.0. The molecule has 1 aliphatic rings. The van der Waals surface area contributed by atoms with Crippen molar-refractivity contribution in [2.24, 2.45) is 4.99 Å². The van der Waals surface area contributed by atoms with Crippen molar-refractivity contribution in [3.05, 3.63) is 35.4 Å². The van der Waals surface area contributed by atoms with Crippen molar-refractivity contribution in [3.8, 4) is 0 Å². The lowest BCUT2D eigenvalue weighted by molar-refractivity contribution is -0.137. The molecule has 0 bridgehead atoms. The Morgan fingerprint density at radius 1 is 1.17 bits per heavy atom. The molecule has 0 aromatic heterocycles. The van der Waals surface area contributed by atoms with E-state index in [1.165, 1.54) is 12.1 Å². The number of nitrogens with zero attached hydrogens (tertiary/aromatic N) is 3. The second-order valence-electron chi connectivity index (χ2n) is 6.60. The molecule has 12 heteroatoms. The smallest absolute Gasteiger partial charge is 0.355 e. The van der Waals surface area contributed by atoms with Crippen molar-refractivity contribution >= 4 is 40.0 Å². The molecule has 1 aliphatic heterocycles. The van der Waals surface area contributed by atoms with Crippen molar-refractivity contribution < 1.29 is 21.6 Å². The number of rotatable bonds is 6. The van der Waals surface area contributed by atoms with Crippen molar-refractivity contribution in [2.45, 2.75) is 12.7 Å². The van der Waals surface area contributed by atoms with E-state index in [2.05, 4.69) is 19.9 Å². The van der Waals surface area contributed by atoms with Gasteiger partial charge in [-0.1, -0.05) is 18.2 Å². The minimum Gasteiger partial charge on any atom is -0.355 e. The summed E-state index contributed by atoms with van der Waals surface area (Å²) in [6, 6.07) is 5.42. The molecule has 0 saturated carbocycles. The van der Waals surface area contributed by atoms with Crippen LogP contribution in [0.15, 0.2) is 29.3 Å². The Hall–Kier alpha value is -1.12. The zero-order chi connectivity index (χ0) is 20.8. The summed E-state index contributed by atoms with van der Waals surface area (Å²) in [5, 5.41) is 3.11. The first kappa shape index (κ1) is 25.9. The van der Waals surface area contributed by atoms with Crippen molar-refractivity contribution in [2.75, 3.05) is 52.6 Å². The Labute approximate surface area is 186 Å². The molecule has 166 valence electrons. The summed E-state index contributed by atoms with van der Waals surface area (Å²) in [7, 11) is -1.57. The lowest BCUT2D eigenvalue weighted by Gasteiger charge is -2.36. The number of aliphatic imine (C=N–C) groups is 1. The summed E-state index contributed by atoms with van der Waals surface area (Å²) in [5.74, 6) is 0.675. The maximum absolute atomic E-state index is 12.8. The van der Waals surface area contributed by atoms with Gasteiger partial charge in [-0.2, -0.15) is 13.2 Å². The van der Waals surface area contributed by atoms with Crippen LogP contribution in [-0.4, -0.2) is 76.7 Å². The maximum Gasteiger partial charge on any atom is 0.416 e. The number of benzene rings is 1. The summed E-state index contributed by atoms with van der Waals surface area (Å²) in [4.78, 5) is 8.35. The molecule has 7 nitrogen and oxygen atoms in total. The van der Waals surface area contributed by atoms with E-state index >= 15 is 0 Å². The van der Waals surface area contributed by atoms with Crippen LogP contribution < -0.4 is 10.0 Å². The number of hydrogen-bond acceptors (Lipinski definition) is 4. The number of piperazine rings is 1. The first-order chi connectivity index (χ1) is 13.1. The minimum atomic E-state index is -4.33. The second-order valence-corrected chi connectivity index (χ2v) is 8.43. The molecule has 1 fully saturated rings. The topological polar surface area (TPSA) is 77.0 Å². The van der Waals surface area contributed by atoms with Crippen LogP contribution in [0.25, 0.3) is 0 Å². The van der Waals surface area contributed by atoms with E-state index in [1.807, 2.05) is 4.90 Å². The van der Waals surface area contributed by atoms with Gasteiger partial charge in [-0.05, 0) is 11.6 Å². The summed E-state index contributed by atoms with van der Waals surface area (Å²) in [6.45, 7) is 3.87. The highest BCUT2D eigenvalue weighted by atomic mass is 127. The average molecular weight is 549 g/mol. The molecule has 0 amide bonds. The van der Waals surface area contributed by atoms with E-state index in [4.69, 9.17) is 0 Å². The van der Waals surface area contributed by atoms with Crippen LogP contribution in [0.2, 0.25) is 0 Å². The van der Waals surface area contributed by atoms with Crippen LogP contribution in [0, 0.1) is 0 Å². The molecule has 0 radical (unpaired) electrons. The summed E-state index contributed by atoms with van der Waals surface area (Å²) in [6.07, 6.45) is -3.23. The largest absolute Gasteiger partial charge is 0.416 e. The average Bonchev–Trinajstić information content (AvgIpc) is 2.61. The van der Waals surface area contributed by atoms with Gasteiger partial charge in [0.25, 0.3) is 0 Å². The highest BCUT2D eigenvalue weighted by Gasteiger charge is 2.30. The van der Waals surface area contributed by atoms with E-state index in [0.29, 0.717) is 50.8 Å². The molecule has 2 N–H and O–H groups in total. The van der Waals surface area contributed by atoms with Gasteiger partial charge in [0.2, 0.25) is 10.0 Å². The first-order valence-corrected chi connectivity index (χ1v) is 10.8. The number of nitrogens with one attached hydrogen (secondary N) is 2. The van der Waals surface area contributed by atoms with Gasteiger partial charge in [-0.15, -0.1) is 24.0 Å². The number of guanidine groups is 1. The Morgan fingerprint density at radius 3 is 2.38 bits per heavy atom. The molecule has 0 atom stereocenters. The van der Waals surface area contributed by atoms with Crippen LogP contribution in [0.4, 0.5) is 13.2 Å². The molecular formula is C17H27F3IN5O2S. The highest BCUT2D eigenvalue weighted by molar-refractivity contribution is 14.0. The fraction of sp³-hybridized carbons (Fsp3) is 0.588. The predicted molar refractivity (Wildman–Crippen MR) is 118 cm³/mol. The Bertz CT molecular complexity index is 782. The normalized spacial score (nSPS) is 16.4. The highest BCUT2D eigenvalue weighted by Crippen LogP contribution is 2.29. The number of halogens is 4. The third kappa shape index (κ3) is 9.05. The number of hydrogen-bond donors (Lipinski definition) is 2. The Morgan fingerprint density at radius 2 is 1.83 bits per heavy atom. The zero-order valence-corrected chi connectivity index (χ0v) is 19.5. The number of alkyl halides is 3. The van der Waals surface area contributed by atoms with Crippen LogP contribution in [-0.2, 0) is 22.7 Å². The molecule has 29 heavy (non-hydrogen) atoms. The van der Waals surface area contributed by atoms with Gasteiger partial charge < -0.3 is 10.2 Å². The van der Waals surface area contributed by atoms with Crippen LogP contribution >= 0.6 is 24.0 Å². The van der Waals surface area contributed by atoms with Gasteiger partial charge in [0.1, 0.15) is 0 Å². The quantitative estimate of drug-likeness (QED) is 0.244. The molecule has 0 spiro atoms. The van der Waals surface area contributed by atoms with Gasteiger partial charge in [-0.3, -0.25) is 9.89 Å². The molecule has 1 heterocycles. The van der Waals surface area contributed by atoms with Gasteiger partial charge >= 0.3 is 6.18 Å². The lowest BCUT2D eigenvalue weighted by Crippen LogP contribution is -2.52. The van der Waals surface area contributed by atoms with Gasteiger partial charge in [0.15, 0.2) is 5.96 Å². The Kier molecular flexibility index (Phi) is 10.1. The van der Waals surface area contributed by atoms with E-state index in [-0.39, 0.29) is 30.5 Å². The predicted octanol–water partition coefficient (Wildman–Crippen LogP) is 1.57. The van der Waals surface area contributed by atoms with Crippen molar-refractivity contribution in [1.29, 1.82) is 0 Å². The monoisotopic (exact) mass is 549 g/mol. The second kappa shape index (κ2) is 11.3. The first-order valence-electron chi connectivity index (χ1n) is 8.87. The fourth-order valence-electron chi connectivity index (χ4n) is 2.97. The zero-order valence-electron chi connectivity index (χ0n) is 16.4. The molecule has 1 aromatic carbocycles. The van der Waals surface area contributed by atoms with Gasteiger partial charge in [-0.25, -0.2) is 13.1 Å². The Balaban J connectivity index is 0.00000420. The molecular weight excluding hydrogens is 522 g/mol. The molecule has 1 saturated heterocycles. The third-order valence-corrected chi connectivity index (χ3v) is 5.04.